The van der Waals surface area contributed by atoms with Crippen LogP contribution in [0.3, 0.4) is 0 Å². The number of rotatable bonds is 5. The molecule has 6 nitrogen and oxygen atoms in total. The molecule has 0 spiro atoms. The third-order valence-electron chi connectivity index (χ3n) is 2.88. The molecule has 0 saturated heterocycles. The average molecular weight is 399 g/mol. The molecule has 0 heterocycles. The first-order valence-electron chi connectivity index (χ1n) is 6.28. The number of nitro benzene ring substituents is 1. The van der Waals surface area contributed by atoms with Crippen molar-refractivity contribution in [2.75, 3.05) is 6.61 Å². The van der Waals surface area contributed by atoms with Gasteiger partial charge in [-0.25, -0.2) is 4.79 Å². The number of nitro groups is 1. The first-order valence-corrected chi connectivity index (χ1v) is 7.45. The summed E-state index contributed by atoms with van der Waals surface area (Å²) in [5.41, 5.74) is -0.372. The molecule has 0 atom stereocenters. The molecule has 8 heteroatoms. The molecule has 0 bridgehead atoms. The summed E-state index contributed by atoms with van der Waals surface area (Å²) >= 11 is 8.98. The minimum atomic E-state index is -0.982. The molecule has 0 aliphatic heterocycles. The van der Waals surface area contributed by atoms with E-state index in [1.807, 2.05) is 0 Å². The van der Waals surface area contributed by atoms with Crippen molar-refractivity contribution in [1.82, 2.24) is 0 Å². The number of benzene rings is 2. The molecule has 2 aromatic carbocycles. The Labute approximate surface area is 144 Å². The van der Waals surface area contributed by atoms with Gasteiger partial charge < -0.3 is 4.74 Å². The van der Waals surface area contributed by atoms with Gasteiger partial charge in [0.05, 0.1) is 4.92 Å². The zero-order valence-corrected chi connectivity index (χ0v) is 13.8. The van der Waals surface area contributed by atoms with Gasteiger partial charge in [-0.1, -0.05) is 39.7 Å². The molecule has 0 fully saturated rings. The summed E-state index contributed by atoms with van der Waals surface area (Å²) in [5.74, 6) is -1.40. The molecule has 0 aliphatic rings. The predicted octanol–water partition coefficient (Wildman–Crippen LogP) is 4.05. The van der Waals surface area contributed by atoms with Crippen molar-refractivity contribution >= 4 is 45.0 Å². The molecule has 2 rings (SSSR count). The summed E-state index contributed by atoms with van der Waals surface area (Å²) in [6.07, 6.45) is 0. The summed E-state index contributed by atoms with van der Waals surface area (Å²) in [4.78, 5) is 34.1. The number of nitrogens with zero attached hydrogens (tertiary/aromatic N) is 1. The average Bonchev–Trinajstić information content (AvgIpc) is 2.52. The van der Waals surface area contributed by atoms with E-state index in [9.17, 15) is 19.7 Å². The first-order chi connectivity index (χ1) is 10.9. The van der Waals surface area contributed by atoms with Crippen LogP contribution >= 0.6 is 27.5 Å². The zero-order chi connectivity index (χ0) is 17.0. The summed E-state index contributed by atoms with van der Waals surface area (Å²) < 4.78 is 5.66. The number of carbonyl (C=O) groups excluding carboxylic acids is 2. The lowest BCUT2D eigenvalue weighted by molar-refractivity contribution is -0.385. The van der Waals surface area contributed by atoms with E-state index >= 15 is 0 Å². The minimum Gasteiger partial charge on any atom is -0.454 e. The Hall–Kier alpha value is -2.25. The number of hydrogen-bond donors (Lipinski definition) is 0. The van der Waals surface area contributed by atoms with Crippen LogP contribution in [0, 0.1) is 10.1 Å². The van der Waals surface area contributed by atoms with Gasteiger partial charge in [-0.15, -0.1) is 0 Å². The lowest BCUT2D eigenvalue weighted by Crippen LogP contribution is -2.15. The Kier molecular flexibility index (Phi) is 5.46. The second-order valence-electron chi connectivity index (χ2n) is 4.42. The van der Waals surface area contributed by atoms with E-state index in [2.05, 4.69) is 15.9 Å². The number of ether oxygens (including phenoxy) is 1. The van der Waals surface area contributed by atoms with Crippen molar-refractivity contribution < 1.29 is 19.2 Å². The predicted molar refractivity (Wildman–Crippen MR) is 86.9 cm³/mol. The van der Waals surface area contributed by atoms with Crippen LogP contribution in [0.1, 0.15) is 20.7 Å². The molecule has 0 saturated carbocycles. The lowest BCUT2D eigenvalue weighted by atomic mass is 10.1. The van der Waals surface area contributed by atoms with Crippen LogP contribution in [-0.2, 0) is 4.74 Å². The fourth-order valence-corrected chi connectivity index (χ4v) is 2.20. The van der Waals surface area contributed by atoms with Crippen molar-refractivity contribution in [3.05, 3.63) is 73.2 Å². The maximum atomic E-state index is 12.0. The van der Waals surface area contributed by atoms with E-state index in [4.69, 9.17) is 16.3 Å². The molecule has 2 aromatic rings. The molecule has 118 valence electrons. The van der Waals surface area contributed by atoms with Gasteiger partial charge in [0.15, 0.2) is 12.4 Å². The monoisotopic (exact) mass is 397 g/mol. The van der Waals surface area contributed by atoms with Crippen molar-refractivity contribution in [1.29, 1.82) is 0 Å². The van der Waals surface area contributed by atoms with Gasteiger partial charge in [0.2, 0.25) is 0 Å². The van der Waals surface area contributed by atoms with Gasteiger partial charge in [-0.3, -0.25) is 14.9 Å². The largest absolute Gasteiger partial charge is 0.454 e. The number of Topliss-reactive ketones (excluding diaryl/α,β-unsaturated/α-hetero) is 1. The topological polar surface area (TPSA) is 86.5 Å². The molecule has 0 aliphatic carbocycles. The SMILES string of the molecule is O=C(COC(=O)c1cc(Cl)ccc1[N+](=O)[O-])c1ccc(Br)cc1. The van der Waals surface area contributed by atoms with Crippen molar-refractivity contribution in [3.8, 4) is 0 Å². The Balaban J connectivity index is 2.11. The molecule has 0 aromatic heterocycles. The molecular formula is C15H9BrClNO5. The van der Waals surface area contributed by atoms with Crippen LogP contribution in [-0.4, -0.2) is 23.3 Å². The second-order valence-corrected chi connectivity index (χ2v) is 5.78. The normalized spacial score (nSPS) is 10.2. The highest BCUT2D eigenvalue weighted by Gasteiger charge is 2.22. The van der Waals surface area contributed by atoms with E-state index in [-0.39, 0.29) is 10.6 Å². The summed E-state index contributed by atoms with van der Waals surface area (Å²) in [5, 5.41) is 11.1. The number of ketones is 1. The summed E-state index contributed by atoms with van der Waals surface area (Å²) in [6, 6.07) is 10.0. The zero-order valence-electron chi connectivity index (χ0n) is 11.5. The van der Waals surface area contributed by atoms with Crippen LogP contribution < -0.4 is 0 Å². The molecule has 0 amide bonds. The molecule has 0 unspecified atom stereocenters. The standard InChI is InChI=1S/C15H9BrClNO5/c16-10-3-1-9(2-4-10)14(19)8-23-15(20)12-7-11(17)5-6-13(12)18(21)22/h1-7H,8H2. The maximum absolute atomic E-state index is 12.0. The van der Waals surface area contributed by atoms with E-state index < -0.39 is 29.0 Å². The number of halogens is 2. The molecule has 0 radical (unpaired) electrons. The Morgan fingerprint density at radius 3 is 2.43 bits per heavy atom. The minimum absolute atomic E-state index is 0.154. The highest BCUT2D eigenvalue weighted by molar-refractivity contribution is 9.10. The quantitative estimate of drug-likeness (QED) is 0.328. The van der Waals surface area contributed by atoms with Crippen LogP contribution in [0.2, 0.25) is 5.02 Å². The van der Waals surface area contributed by atoms with E-state index in [1.54, 1.807) is 24.3 Å². The highest BCUT2D eigenvalue weighted by atomic mass is 79.9. The van der Waals surface area contributed by atoms with E-state index in [0.717, 1.165) is 16.6 Å². The van der Waals surface area contributed by atoms with Crippen LogP contribution in [0.5, 0.6) is 0 Å². The Bertz CT molecular complexity index is 776. The third-order valence-corrected chi connectivity index (χ3v) is 3.64. The number of carbonyl (C=O) groups is 2. The van der Waals surface area contributed by atoms with Crippen molar-refractivity contribution in [3.63, 3.8) is 0 Å². The van der Waals surface area contributed by atoms with Crippen LogP contribution in [0.4, 0.5) is 5.69 Å². The fourth-order valence-electron chi connectivity index (χ4n) is 1.76. The second kappa shape index (κ2) is 7.34. The van der Waals surface area contributed by atoms with E-state index in [0.29, 0.717) is 5.56 Å². The molecular weight excluding hydrogens is 390 g/mol. The van der Waals surface area contributed by atoms with Crippen molar-refractivity contribution in [2.24, 2.45) is 0 Å². The van der Waals surface area contributed by atoms with Gasteiger partial charge in [-0.2, -0.15) is 0 Å². The smallest absolute Gasteiger partial charge is 0.345 e. The van der Waals surface area contributed by atoms with Crippen LogP contribution in [0.25, 0.3) is 0 Å². The summed E-state index contributed by atoms with van der Waals surface area (Å²) in [6.45, 7) is -0.524. The van der Waals surface area contributed by atoms with Gasteiger partial charge in [-0.05, 0) is 24.3 Å². The Morgan fingerprint density at radius 1 is 1.17 bits per heavy atom. The van der Waals surface area contributed by atoms with E-state index in [1.165, 1.54) is 6.07 Å². The fraction of sp³-hybridized carbons (Fsp3) is 0.0667. The maximum Gasteiger partial charge on any atom is 0.345 e. The highest BCUT2D eigenvalue weighted by Crippen LogP contribution is 2.23. The third kappa shape index (κ3) is 4.37. The number of esters is 1. The first kappa shape index (κ1) is 17.1. The summed E-state index contributed by atoms with van der Waals surface area (Å²) in [7, 11) is 0. The number of hydrogen-bond acceptors (Lipinski definition) is 5. The van der Waals surface area contributed by atoms with Gasteiger partial charge in [0, 0.05) is 21.1 Å². The van der Waals surface area contributed by atoms with Gasteiger partial charge in [0.1, 0.15) is 5.56 Å². The lowest BCUT2D eigenvalue weighted by Gasteiger charge is -2.05. The molecule has 23 heavy (non-hydrogen) atoms. The van der Waals surface area contributed by atoms with Gasteiger partial charge in [0.25, 0.3) is 5.69 Å². The molecule has 0 N–H and O–H groups in total. The van der Waals surface area contributed by atoms with Gasteiger partial charge >= 0.3 is 5.97 Å². The Morgan fingerprint density at radius 2 is 1.83 bits per heavy atom. The van der Waals surface area contributed by atoms with Crippen LogP contribution in [0.15, 0.2) is 46.9 Å². The van der Waals surface area contributed by atoms with Crippen molar-refractivity contribution in [2.45, 2.75) is 0 Å².